The molecule has 162 valence electrons. The summed E-state index contributed by atoms with van der Waals surface area (Å²) in [5.41, 5.74) is 2.47. The van der Waals surface area contributed by atoms with Crippen LogP contribution in [-0.4, -0.2) is 33.4 Å². The first kappa shape index (κ1) is 21.2. The fraction of sp³-hybridized carbons (Fsp3) is 0.348. The van der Waals surface area contributed by atoms with Gasteiger partial charge in [0.2, 0.25) is 5.82 Å². The molecule has 0 amide bonds. The number of nitrogens with one attached hydrogen (secondary N) is 1. The van der Waals surface area contributed by atoms with E-state index in [9.17, 15) is 4.79 Å². The maximum atomic E-state index is 11.1. The van der Waals surface area contributed by atoms with Gasteiger partial charge in [0.05, 0.1) is 17.0 Å². The average molecular weight is 442 g/mol. The van der Waals surface area contributed by atoms with Crippen LogP contribution in [0.15, 0.2) is 47.0 Å². The van der Waals surface area contributed by atoms with Crippen molar-refractivity contribution in [2.24, 2.45) is 5.92 Å². The molecule has 0 saturated heterocycles. The van der Waals surface area contributed by atoms with Crippen molar-refractivity contribution in [3.05, 3.63) is 47.5 Å². The van der Waals surface area contributed by atoms with Gasteiger partial charge in [0.25, 0.3) is 5.89 Å². The maximum absolute atomic E-state index is 11.1. The highest BCUT2D eigenvalue weighted by atomic mass is 35.5. The van der Waals surface area contributed by atoms with E-state index < -0.39 is 5.97 Å². The molecule has 1 fully saturated rings. The molecule has 0 unspecified atom stereocenters. The lowest BCUT2D eigenvalue weighted by atomic mass is 10.1. The summed E-state index contributed by atoms with van der Waals surface area (Å²) >= 11 is 6.31. The van der Waals surface area contributed by atoms with Gasteiger partial charge in [-0.3, -0.25) is 4.79 Å². The van der Waals surface area contributed by atoms with E-state index in [4.69, 9.17) is 26.0 Å². The van der Waals surface area contributed by atoms with Crippen LogP contribution in [0.4, 0.5) is 5.69 Å². The van der Waals surface area contributed by atoms with Gasteiger partial charge >= 0.3 is 5.97 Å². The van der Waals surface area contributed by atoms with E-state index in [1.165, 1.54) is 0 Å². The zero-order chi connectivity index (χ0) is 22.0. The van der Waals surface area contributed by atoms with E-state index in [2.05, 4.69) is 15.5 Å². The van der Waals surface area contributed by atoms with Crippen molar-refractivity contribution in [1.82, 2.24) is 10.1 Å². The molecule has 7 nitrogen and oxygen atoms in total. The van der Waals surface area contributed by atoms with Crippen LogP contribution in [0.3, 0.4) is 0 Å². The number of anilines is 1. The quantitative estimate of drug-likeness (QED) is 0.498. The number of hydrogen-bond donors (Lipinski definition) is 2. The van der Waals surface area contributed by atoms with Crippen molar-refractivity contribution in [2.75, 3.05) is 5.32 Å². The first-order chi connectivity index (χ1) is 14.9. The van der Waals surface area contributed by atoms with Crippen molar-refractivity contribution in [3.63, 3.8) is 0 Å². The topological polar surface area (TPSA) is 97.5 Å². The smallest absolute Gasteiger partial charge is 0.306 e. The predicted octanol–water partition coefficient (Wildman–Crippen LogP) is 5.51. The van der Waals surface area contributed by atoms with Gasteiger partial charge in [-0.05, 0) is 75.6 Å². The van der Waals surface area contributed by atoms with E-state index in [1.807, 2.05) is 44.2 Å². The highest BCUT2D eigenvalue weighted by Crippen LogP contribution is 2.32. The summed E-state index contributed by atoms with van der Waals surface area (Å²) in [6, 6.07) is 13.2. The molecule has 1 heterocycles. The molecule has 31 heavy (non-hydrogen) atoms. The maximum Gasteiger partial charge on any atom is 0.306 e. The highest BCUT2D eigenvalue weighted by Gasteiger charge is 2.29. The largest absolute Gasteiger partial charge is 0.489 e. The van der Waals surface area contributed by atoms with E-state index in [-0.39, 0.29) is 18.1 Å². The second-order valence-corrected chi connectivity index (χ2v) is 8.41. The molecule has 0 aliphatic heterocycles. The number of carboxylic acids is 1. The fourth-order valence-corrected chi connectivity index (χ4v) is 3.95. The summed E-state index contributed by atoms with van der Waals surface area (Å²) in [5.74, 6) is 0.500. The number of nitrogens with zero attached hydrogens (tertiary/aromatic N) is 2. The molecule has 2 aromatic carbocycles. The van der Waals surface area contributed by atoms with E-state index in [1.54, 1.807) is 12.1 Å². The number of benzene rings is 2. The van der Waals surface area contributed by atoms with Gasteiger partial charge in [0.15, 0.2) is 0 Å². The normalized spacial score (nSPS) is 18.3. The first-order valence-electron chi connectivity index (χ1n) is 10.3. The van der Waals surface area contributed by atoms with Gasteiger partial charge in [-0.15, -0.1) is 0 Å². The molecule has 3 aromatic rings. The van der Waals surface area contributed by atoms with Gasteiger partial charge in [-0.1, -0.05) is 16.8 Å². The zero-order valence-electron chi connectivity index (χ0n) is 17.3. The van der Waals surface area contributed by atoms with Gasteiger partial charge in [-0.2, -0.15) is 4.98 Å². The van der Waals surface area contributed by atoms with E-state index in [0.717, 1.165) is 23.2 Å². The van der Waals surface area contributed by atoms with Crippen LogP contribution in [0, 0.1) is 5.92 Å². The van der Waals surface area contributed by atoms with Gasteiger partial charge < -0.3 is 19.7 Å². The summed E-state index contributed by atoms with van der Waals surface area (Å²) in [6.07, 6.45) is 2.25. The number of ether oxygens (including phenoxy) is 1. The molecule has 1 aromatic heterocycles. The Morgan fingerprint density at radius 1 is 1.19 bits per heavy atom. The second-order valence-electron chi connectivity index (χ2n) is 8.00. The Balaban J connectivity index is 1.43. The molecule has 8 heteroatoms. The Morgan fingerprint density at radius 2 is 1.94 bits per heavy atom. The minimum absolute atomic E-state index is 0.0323. The summed E-state index contributed by atoms with van der Waals surface area (Å²) in [5, 5.41) is 17.1. The summed E-state index contributed by atoms with van der Waals surface area (Å²) < 4.78 is 11.1. The molecule has 4 rings (SSSR count). The first-order valence-corrected chi connectivity index (χ1v) is 10.7. The molecule has 1 saturated carbocycles. The van der Waals surface area contributed by atoms with Crippen LogP contribution < -0.4 is 10.1 Å². The van der Waals surface area contributed by atoms with E-state index >= 15 is 0 Å². The van der Waals surface area contributed by atoms with Gasteiger partial charge in [-0.25, -0.2) is 0 Å². The van der Waals surface area contributed by atoms with Crippen LogP contribution in [0.5, 0.6) is 5.75 Å². The number of aliphatic carboxylic acids is 1. The van der Waals surface area contributed by atoms with Crippen LogP contribution >= 0.6 is 11.6 Å². The van der Waals surface area contributed by atoms with Crippen molar-refractivity contribution >= 4 is 23.3 Å². The number of rotatable bonds is 7. The summed E-state index contributed by atoms with van der Waals surface area (Å²) in [4.78, 5) is 15.6. The number of carbonyl (C=O) groups is 1. The minimum Gasteiger partial charge on any atom is -0.489 e. The van der Waals surface area contributed by atoms with Crippen LogP contribution in [-0.2, 0) is 4.79 Å². The van der Waals surface area contributed by atoms with Crippen LogP contribution in [0.1, 0.15) is 33.1 Å². The van der Waals surface area contributed by atoms with Gasteiger partial charge in [0, 0.05) is 22.9 Å². The Morgan fingerprint density at radius 3 is 2.58 bits per heavy atom. The third-order valence-electron chi connectivity index (χ3n) is 5.26. The molecular weight excluding hydrogens is 418 g/mol. The number of hydrogen-bond acceptors (Lipinski definition) is 6. The van der Waals surface area contributed by atoms with Crippen molar-refractivity contribution in [2.45, 2.75) is 45.3 Å². The number of carboxylic acid groups (broad SMARTS) is 1. The highest BCUT2D eigenvalue weighted by molar-refractivity contribution is 6.32. The standard InChI is InChI=1S/C23H24ClN3O4/c1-13(2)30-20-10-6-15(12-19(20)24)21-26-22(31-27-21)14-3-7-17(8-4-14)25-18-9-5-16(11-18)23(28)29/h3-4,6-8,10,12-13,16,18,25H,5,9,11H2,1-2H3,(H,28,29)/t16-,18+/m0/s1. The molecule has 0 spiro atoms. The van der Waals surface area contributed by atoms with Crippen molar-refractivity contribution in [3.8, 4) is 28.6 Å². The lowest BCUT2D eigenvalue weighted by Crippen LogP contribution is -2.17. The van der Waals surface area contributed by atoms with Crippen molar-refractivity contribution < 1.29 is 19.2 Å². The SMILES string of the molecule is CC(C)Oc1ccc(-c2noc(-c3ccc(N[C@@H]4CC[C@H](C(=O)O)C4)cc3)n2)cc1Cl. The zero-order valence-corrected chi connectivity index (χ0v) is 18.1. The van der Waals surface area contributed by atoms with Crippen molar-refractivity contribution in [1.29, 1.82) is 0 Å². The predicted molar refractivity (Wildman–Crippen MR) is 118 cm³/mol. The molecular formula is C23H24ClN3O4. The molecule has 0 radical (unpaired) electrons. The lowest BCUT2D eigenvalue weighted by Gasteiger charge is -2.14. The number of aromatic nitrogens is 2. The summed E-state index contributed by atoms with van der Waals surface area (Å²) in [7, 11) is 0. The Hall–Kier alpha value is -3.06. The Bertz CT molecular complexity index is 1060. The molecule has 2 N–H and O–H groups in total. The minimum atomic E-state index is -0.713. The molecule has 2 atom stereocenters. The Labute approximate surface area is 185 Å². The second kappa shape index (κ2) is 8.98. The van der Waals surface area contributed by atoms with Crippen LogP contribution in [0.25, 0.3) is 22.8 Å². The lowest BCUT2D eigenvalue weighted by molar-refractivity contribution is -0.141. The van der Waals surface area contributed by atoms with E-state index in [0.29, 0.717) is 35.3 Å². The monoisotopic (exact) mass is 441 g/mol. The average Bonchev–Trinajstić information content (AvgIpc) is 3.40. The molecule has 1 aliphatic carbocycles. The van der Waals surface area contributed by atoms with Crippen LogP contribution in [0.2, 0.25) is 5.02 Å². The fourth-order valence-electron chi connectivity index (χ4n) is 3.73. The third-order valence-corrected chi connectivity index (χ3v) is 5.56. The van der Waals surface area contributed by atoms with Gasteiger partial charge in [0.1, 0.15) is 5.75 Å². The third kappa shape index (κ3) is 4.99. The summed E-state index contributed by atoms with van der Waals surface area (Å²) in [6.45, 7) is 3.88. The Kier molecular flexibility index (Phi) is 6.13. The molecule has 1 aliphatic rings. The molecule has 0 bridgehead atoms. The number of halogens is 1.